The number of hydrogen-bond acceptors (Lipinski definition) is 5. The molecule has 2 aromatic carbocycles. The molecule has 222 valence electrons. The van der Waals surface area contributed by atoms with Crippen molar-refractivity contribution in [3.8, 4) is 5.69 Å². The number of thiocarbonyl (C=S) groups is 1. The summed E-state index contributed by atoms with van der Waals surface area (Å²) in [6, 6.07) is 21.6. The van der Waals surface area contributed by atoms with E-state index in [4.69, 9.17) is 33.5 Å². The molecule has 0 radical (unpaired) electrons. The predicted octanol–water partition coefficient (Wildman–Crippen LogP) is 7.34. The molecule has 2 atom stereocenters. The van der Waals surface area contributed by atoms with Crippen molar-refractivity contribution < 1.29 is 9.53 Å². The lowest BCUT2D eigenvalue weighted by atomic mass is 9.96. The first kappa shape index (κ1) is 29.2. The lowest BCUT2D eigenvalue weighted by Gasteiger charge is -2.33. The Kier molecular flexibility index (Phi) is 8.16. The third-order valence-corrected chi connectivity index (χ3v) is 9.38. The second kappa shape index (κ2) is 12.0. The summed E-state index contributed by atoms with van der Waals surface area (Å²) in [5, 5.41) is 4.93. The molecule has 43 heavy (non-hydrogen) atoms. The molecule has 0 bridgehead atoms. The third kappa shape index (κ3) is 5.50. The van der Waals surface area contributed by atoms with Gasteiger partial charge in [-0.15, -0.1) is 0 Å². The maximum Gasteiger partial charge on any atom is 0.337 e. The summed E-state index contributed by atoms with van der Waals surface area (Å²) in [7, 11) is 1.39. The number of nitrogens with one attached hydrogen (secondary N) is 1. The highest BCUT2D eigenvalue weighted by Gasteiger charge is 2.42. The van der Waals surface area contributed by atoms with Crippen molar-refractivity contribution in [1.82, 2.24) is 14.9 Å². The normalized spacial score (nSPS) is 19.0. The number of pyridine rings is 1. The van der Waals surface area contributed by atoms with Gasteiger partial charge in [-0.05, 0) is 111 Å². The number of halogens is 1. The van der Waals surface area contributed by atoms with E-state index in [0.29, 0.717) is 10.7 Å². The lowest BCUT2D eigenvalue weighted by Crippen LogP contribution is -2.33. The molecule has 2 aromatic heterocycles. The molecule has 7 nitrogen and oxygen atoms in total. The van der Waals surface area contributed by atoms with Crippen LogP contribution in [0.3, 0.4) is 0 Å². The number of esters is 1. The average Bonchev–Trinajstić information content (AvgIpc) is 3.52. The Hall–Kier alpha value is -3.88. The van der Waals surface area contributed by atoms with E-state index in [0.717, 1.165) is 63.7 Å². The van der Waals surface area contributed by atoms with Gasteiger partial charge >= 0.3 is 5.97 Å². The first-order valence-electron chi connectivity index (χ1n) is 14.7. The number of carbonyl (C=O) groups excluding carboxylic acids is 1. The van der Waals surface area contributed by atoms with E-state index in [-0.39, 0.29) is 18.1 Å². The number of hydrogen-bond donors (Lipinski definition) is 1. The number of nitrogens with zero attached hydrogens (tertiary/aromatic N) is 4. The second-order valence-corrected chi connectivity index (χ2v) is 12.3. The molecule has 0 spiro atoms. The average molecular weight is 614 g/mol. The van der Waals surface area contributed by atoms with Crippen LogP contribution in [0.1, 0.15) is 64.9 Å². The molecule has 0 amide bonds. The molecule has 2 saturated heterocycles. The Balaban J connectivity index is 1.41. The van der Waals surface area contributed by atoms with Gasteiger partial charge in [-0.2, -0.15) is 0 Å². The van der Waals surface area contributed by atoms with Crippen LogP contribution in [0, 0.1) is 19.8 Å². The summed E-state index contributed by atoms with van der Waals surface area (Å²) in [4.78, 5) is 21.3. The fraction of sp³-hybridized carbons (Fsp3) is 0.324. The largest absolute Gasteiger partial charge is 0.465 e. The van der Waals surface area contributed by atoms with Gasteiger partial charge in [0.25, 0.3) is 0 Å². The quantitative estimate of drug-likeness (QED) is 0.180. The standard InChI is InChI=1S/C34H36ClN5O2S/c1-21-14-17-38(18-15-21)30-13-12-26(20-28(30)35)40-32(31(37-34(40)43)29-7-5-6-16-36-29)27-19-22(2)39(23(27)3)25-10-8-24(9-11-25)33(41)42-4/h5-13,16,19-21,31-32H,14-15,17-18H2,1-4H3,(H,37,43)/t31-,32+/m0/s1. The van der Waals surface area contributed by atoms with Crippen LogP contribution in [0.15, 0.2) is 72.9 Å². The number of ether oxygens (including phenoxy) is 1. The third-order valence-electron chi connectivity index (χ3n) is 8.77. The van der Waals surface area contributed by atoms with Crippen LogP contribution in [0.4, 0.5) is 11.4 Å². The number of benzene rings is 2. The summed E-state index contributed by atoms with van der Waals surface area (Å²) < 4.78 is 7.09. The Labute approximate surface area is 263 Å². The smallest absolute Gasteiger partial charge is 0.337 e. The van der Waals surface area contributed by atoms with Crippen LogP contribution in [-0.2, 0) is 4.74 Å². The zero-order valence-electron chi connectivity index (χ0n) is 24.9. The van der Waals surface area contributed by atoms with Crippen molar-refractivity contribution >= 4 is 46.3 Å². The molecule has 0 unspecified atom stereocenters. The molecule has 2 aliphatic rings. The maximum atomic E-state index is 12.0. The van der Waals surface area contributed by atoms with Gasteiger partial charge in [-0.1, -0.05) is 24.6 Å². The van der Waals surface area contributed by atoms with E-state index in [2.05, 4.69) is 58.7 Å². The fourth-order valence-electron chi connectivity index (χ4n) is 6.45. The molecule has 0 saturated carbocycles. The van der Waals surface area contributed by atoms with Gasteiger partial charge in [-0.3, -0.25) is 4.98 Å². The van der Waals surface area contributed by atoms with Crippen LogP contribution in [0.5, 0.6) is 0 Å². The molecule has 4 aromatic rings. The van der Waals surface area contributed by atoms with Crippen LogP contribution in [0.2, 0.25) is 5.02 Å². The number of methoxy groups -OCH3 is 1. The highest BCUT2D eigenvalue weighted by Crippen LogP contribution is 2.45. The first-order valence-corrected chi connectivity index (χ1v) is 15.5. The van der Waals surface area contributed by atoms with Crippen molar-refractivity contribution in [3.63, 3.8) is 0 Å². The molecule has 0 aliphatic carbocycles. The first-order chi connectivity index (χ1) is 20.8. The number of rotatable bonds is 6. The molecule has 2 fully saturated rings. The van der Waals surface area contributed by atoms with Gasteiger partial charge in [0.1, 0.15) is 0 Å². The number of aromatic nitrogens is 2. The topological polar surface area (TPSA) is 62.6 Å². The van der Waals surface area contributed by atoms with E-state index in [1.54, 1.807) is 12.1 Å². The fourth-order valence-corrected chi connectivity index (χ4v) is 7.09. The highest BCUT2D eigenvalue weighted by atomic mass is 35.5. The molecular formula is C34H36ClN5O2S. The minimum absolute atomic E-state index is 0.172. The van der Waals surface area contributed by atoms with E-state index < -0.39 is 0 Å². The van der Waals surface area contributed by atoms with Crippen molar-refractivity contribution in [3.05, 3.63) is 106 Å². The van der Waals surface area contributed by atoms with Crippen molar-refractivity contribution in [1.29, 1.82) is 0 Å². The highest BCUT2D eigenvalue weighted by molar-refractivity contribution is 7.80. The number of piperidine rings is 1. The predicted molar refractivity (Wildman–Crippen MR) is 177 cm³/mol. The van der Waals surface area contributed by atoms with Crippen LogP contribution in [-0.4, -0.2) is 40.8 Å². The van der Waals surface area contributed by atoms with E-state index in [9.17, 15) is 4.79 Å². The second-order valence-electron chi connectivity index (χ2n) is 11.5. The summed E-state index contributed by atoms with van der Waals surface area (Å²) in [5.41, 5.74) is 7.68. The van der Waals surface area contributed by atoms with Crippen LogP contribution in [0.25, 0.3) is 5.69 Å². The Morgan fingerprint density at radius 3 is 2.40 bits per heavy atom. The van der Waals surface area contributed by atoms with Gasteiger partial charge in [-0.25, -0.2) is 4.79 Å². The zero-order chi connectivity index (χ0) is 30.2. The summed E-state index contributed by atoms with van der Waals surface area (Å²) in [5.74, 6) is 0.392. The van der Waals surface area contributed by atoms with Crippen molar-refractivity contribution in [2.75, 3.05) is 30.0 Å². The van der Waals surface area contributed by atoms with Gasteiger partial charge in [0, 0.05) is 42.0 Å². The minimum atomic E-state index is -0.355. The Morgan fingerprint density at radius 2 is 1.74 bits per heavy atom. The monoisotopic (exact) mass is 613 g/mol. The molecule has 6 rings (SSSR count). The van der Waals surface area contributed by atoms with Gasteiger partial charge in [0.05, 0.1) is 41.2 Å². The maximum absolute atomic E-state index is 12.0. The summed E-state index contributed by atoms with van der Waals surface area (Å²) >= 11 is 13.0. The Bertz CT molecular complexity index is 1650. The van der Waals surface area contributed by atoms with Crippen molar-refractivity contribution in [2.45, 2.75) is 45.7 Å². The Morgan fingerprint density at radius 1 is 1.02 bits per heavy atom. The summed E-state index contributed by atoms with van der Waals surface area (Å²) in [6.45, 7) is 8.56. The lowest BCUT2D eigenvalue weighted by molar-refractivity contribution is 0.0600. The van der Waals surface area contributed by atoms with Crippen molar-refractivity contribution in [2.24, 2.45) is 5.92 Å². The molecule has 1 N–H and O–H groups in total. The zero-order valence-corrected chi connectivity index (χ0v) is 26.5. The van der Waals surface area contributed by atoms with Gasteiger partial charge in [0.15, 0.2) is 5.11 Å². The molecule has 2 aliphatic heterocycles. The minimum Gasteiger partial charge on any atom is -0.465 e. The number of carbonyl (C=O) groups is 1. The number of aryl methyl sites for hydroxylation is 1. The van der Waals surface area contributed by atoms with E-state index >= 15 is 0 Å². The number of anilines is 2. The van der Waals surface area contributed by atoms with Gasteiger partial charge in [0.2, 0.25) is 0 Å². The SMILES string of the molecule is COC(=O)c1ccc(-n2c(C)cc([C@@H]3[C@H](c4ccccn4)NC(=S)N3c3ccc(N4CCC(C)CC4)c(Cl)c3)c2C)cc1. The van der Waals surface area contributed by atoms with Gasteiger partial charge < -0.3 is 24.4 Å². The van der Waals surface area contributed by atoms with E-state index in [1.807, 2.05) is 42.6 Å². The molecular weight excluding hydrogens is 578 g/mol. The van der Waals surface area contributed by atoms with E-state index in [1.165, 1.54) is 20.0 Å². The van der Waals surface area contributed by atoms with Crippen LogP contribution < -0.4 is 15.1 Å². The molecule has 9 heteroatoms. The van der Waals surface area contributed by atoms with Crippen LogP contribution >= 0.6 is 23.8 Å². The summed E-state index contributed by atoms with van der Waals surface area (Å²) in [6.07, 6.45) is 4.16. The molecule has 4 heterocycles.